The molecule has 0 unspecified atom stereocenters. The van der Waals surface area contributed by atoms with Gasteiger partial charge in [0, 0.05) is 11.3 Å². The van der Waals surface area contributed by atoms with Crippen LogP contribution in [0.5, 0.6) is 5.75 Å². The van der Waals surface area contributed by atoms with Crippen molar-refractivity contribution in [3.63, 3.8) is 0 Å². The number of para-hydroxylation sites is 1. The lowest BCUT2D eigenvalue weighted by molar-refractivity contribution is -0.146. The van der Waals surface area contributed by atoms with Crippen LogP contribution in [0.25, 0.3) is 0 Å². The Balaban J connectivity index is 1.82. The third kappa shape index (κ3) is 2.60. The van der Waals surface area contributed by atoms with Crippen molar-refractivity contribution < 1.29 is 19.4 Å². The normalized spacial score (nSPS) is 27.5. The Kier molecular flexibility index (Phi) is 3.80. The number of rotatable bonds is 3. The summed E-state index contributed by atoms with van der Waals surface area (Å²) >= 11 is 1.56. The number of benzene rings is 1. The summed E-state index contributed by atoms with van der Waals surface area (Å²) in [5.74, 6) is 0.415. The van der Waals surface area contributed by atoms with Gasteiger partial charge in [0.25, 0.3) is 0 Å². The maximum absolute atomic E-state index is 12.6. The van der Waals surface area contributed by atoms with Gasteiger partial charge in [-0.15, -0.1) is 0 Å². The first-order chi connectivity index (χ1) is 10.1. The second-order valence-electron chi connectivity index (χ2n) is 5.41. The smallest absolute Gasteiger partial charge is 0.330 e. The molecule has 0 bridgehead atoms. The van der Waals surface area contributed by atoms with Crippen molar-refractivity contribution in [3.8, 4) is 5.75 Å². The van der Waals surface area contributed by atoms with Crippen LogP contribution in [0, 0.1) is 0 Å². The molecule has 0 radical (unpaired) electrons. The Morgan fingerprint density at radius 1 is 1.38 bits per heavy atom. The Hall–Kier alpha value is -1.69. The van der Waals surface area contributed by atoms with E-state index in [1.807, 2.05) is 24.3 Å². The molecular formula is C15H17NO4S. The van der Waals surface area contributed by atoms with Crippen LogP contribution in [0.2, 0.25) is 0 Å². The van der Waals surface area contributed by atoms with Gasteiger partial charge in [0.2, 0.25) is 5.91 Å². The second kappa shape index (κ2) is 5.60. The summed E-state index contributed by atoms with van der Waals surface area (Å²) in [6, 6.07) is 7.44. The van der Waals surface area contributed by atoms with Gasteiger partial charge in [-0.1, -0.05) is 18.2 Å². The summed E-state index contributed by atoms with van der Waals surface area (Å²) in [5.41, 5.74) is -0.276. The summed E-state index contributed by atoms with van der Waals surface area (Å²) in [4.78, 5) is 24.1. The van der Waals surface area contributed by atoms with E-state index in [4.69, 9.17) is 4.74 Å². The van der Waals surface area contributed by atoms with Gasteiger partial charge >= 0.3 is 5.97 Å². The largest absolute Gasteiger partial charge is 0.493 e. The average Bonchev–Trinajstić information content (AvgIpc) is 2.96. The van der Waals surface area contributed by atoms with Crippen LogP contribution in [0.15, 0.2) is 24.3 Å². The van der Waals surface area contributed by atoms with Crippen LogP contribution in [0.1, 0.15) is 24.3 Å². The minimum Gasteiger partial charge on any atom is -0.493 e. The molecule has 2 N–H and O–H groups in total. The SMILES string of the molecule is O=C(N[C@]1(C(=O)O)CCSC1)[C@H]1CCOc2ccccc21. The fourth-order valence-electron chi connectivity index (χ4n) is 2.82. The van der Waals surface area contributed by atoms with Crippen molar-refractivity contribution in [2.24, 2.45) is 0 Å². The second-order valence-corrected chi connectivity index (χ2v) is 6.51. The highest BCUT2D eigenvalue weighted by molar-refractivity contribution is 7.99. The molecule has 2 aliphatic heterocycles. The standard InChI is InChI=1S/C15H17NO4S/c17-13(16-15(14(18)19)6-8-21-9-15)11-5-7-20-12-4-2-1-3-10(11)12/h1-4,11H,5-9H2,(H,16,17)(H,18,19)/t11-,15+/m0/s1. The molecule has 112 valence electrons. The van der Waals surface area contributed by atoms with Crippen LogP contribution in [0.3, 0.4) is 0 Å². The zero-order valence-corrected chi connectivity index (χ0v) is 12.3. The average molecular weight is 307 g/mol. The van der Waals surface area contributed by atoms with E-state index >= 15 is 0 Å². The molecule has 2 atom stereocenters. The number of fused-ring (bicyclic) bond motifs is 1. The van der Waals surface area contributed by atoms with E-state index in [-0.39, 0.29) is 11.8 Å². The van der Waals surface area contributed by atoms with Gasteiger partial charge in [0.05, 0.1) is 12.5 Å². The highest BCUT2D eigenvalue weighted by atomic mass is 32.2. The summed E-state index contributed by atoms with van der Waals surface area (Å²) in [5, 5.41) is 12.2. The zero-order chi connectivity index (χ0) is 14.9. The lowest BCUT2D eigenvalue weighted by atomic mass is 9.90. The Morgan fingerprint density at radius 2 is 2.19 bits per heavy atom. The van der Waals surface area contributed by atoms with Crippen LogP contribution in [-0.2, 0) is 9.59 Å². The maximum atomic E-state index is 12.6. The number of hydrogen-bond donors (Lipinski definition) is 2. The predicted octanol–water partition coefficient (Wildman–Crippen LogP) is 1.63. The lowest BCUT2D eigenvalue weighted by Gasteiger charge is -2.30. The summed E-state index contributed by atoms with van der Waals surface area (Å²) in [6.45, 7) is 0.476. The zero-order valence-electron chi connectivity index (χ0n) is 11.5. The molecule has 1 aromatic carbocycles. The Morgan fingerprint density at radius 3 is 2.90 bits per heavy atom. The molecule has 5 nitrogen and oxygen atoms in total. The van der Waals surface area contributed by atoms with Gasteiger partial charge in [-0.25, -0.2) is 4.79 Å². The third-order valence-corrected chi connectivity index (χ3v) is 5.26. The maximum Gasteiger partial charge on any atom is 0.330 e. The van der Waals surface area contributed by atoms with E-state index in [9.17, 15) is 14.7 Å². The number of carbonyl (C=O) groups is 2. The number of nitrogens with one attached hydrogen (secondary N) is 1. The van der Waals surface area contributed by atoms with Crippen molar-refractivity contribution in [1.29, 1.82) is 0 Å². The van der Waals surface area contributed by atoms with E-state index in [1.165, 1.54) is 0 Å². The molecule has 1 saturated heterocycles. The van der Waals surface area contributed by atoms with E-state index in [1.54, 1.807) is 11.8 Å². The van der Waals surface area contributed by atoms with Crippen molar-refractivity contribution >= 4 is 23.6 Å². The highest BCUT2D eigenvalue weighted by Crippen LogP contribution is 2.35. The van der Waals surface area contributed by atoms with E-state index in [0.717, 1.165) is 11.3 Å². The minimum absolute atomic E-state index is 0.212. The van der Waals surface area contributed by atoms with E-state index < -0.39 is 11.5 Å². The third-order valence-electron chi connectivity index (χ3n) is 4.07. The molecule has 0 aliphatic carbocycles. The number of hydrogen-bond acceptors (Lipinski definition) is 4. The molecule has 3 rings (SSSR count). The summed E-state index contributed by atoms with van der Waals surface area (Å²) in [6.07, 6.45) is 1.05. The predicted molar refractivity (Wildman–Crippen MR) is 79.7 cm³/mol. The van der Waals surface area contributed by atoms with Gasteiger partial charge in [0.15, 0.2) is 0 Å². The van der Waals surface area contributed by atoms with Crippen LogP contribution in [-0.4, -0.2) is 40.6 Å². The van der Waals surface area contributed by atoms with Gasteiger partial charge in [-0.05, 0) is 24.7 Å². The molecule has 1 aromatic rings. The first kappa shape index (κ1) is 14.3. The summed E-state index contributed by atoms with van der Waals surface area (Å²) in [7, 11) is 0. The monoisotopic (exact) mass is 307 g/mol. The molecule has 1 fully saturated rings. The van der Waals surface area contributed by atoms with Crippen LogP contribution < -0.4 is 10.1 Å². The van der Waals surface area contributed by atoms with Crippen molar-refractivity contribution in [1.82, 2.24) is 5.32 Å². The molecule has 0 saturated carbocycles. The van der Waals surface area contributed by atoms with Gasteiger partial charge in [0.1, 0.15) is 11.3 Å². The van der Waals surface area contributed by atoms with Crippen LogP contribution >= 0.6 is 11.8 Å². The minimum atomic E-state index is -1.12. The van der Waals surface area contributed by atoms with Gasteiger partial charge in [-0.3, -0.25) is 4.79 Å². The van der Waals surface area contributed by atoms with E-state index in [0.29, 0.717) is 31.0 Å². The number of thioether (sulfide) groups is 1. The molecular weight excluding hydrogens is 290 g/mol. The van der Waals surface area contributed by atoms with Crippen molar-refractivity contribution in [3.05, 3.63) is 29.8 Å². The van der Waals surface area contributed by atoms with E-state index in [2.05, 4.69) is 5.32 Å². The first-order valence-corrected chi connectivity index (χ1v) is 8.13. The number of carbonyl (C=O) groups excluding carboxylic acids is 1. The fraction of sp³-hybridized carbons (Fsp3) is 0.467. The highest BCUT2D eigenvalue weighted by Gasteiger charge is 2.44. The molecule has 2 heterocycles. The number of aliphatic carboxylic acids is 1. The molecule has 6 heteroatoms. The quantitative estimate of drug-likeness (QED) is 0.887. The van der Waals surface area contributed by atoms with Gasteiger partial charge < -0.3 is 15.2 Å². The molecule has 2 aliphatic rings. The number of carboxylic acid groups (broad SMARTS) is 1. The Labute approximate surface area is 127 Å². The number of amides is 1. The van der Waals surface area contributed by atoms with Crippen molar-refractivity contribution in [2.45, 2.75) is 24.3 Å². The fourth-order valence-corrected chi connectivity index (χ4v) is 4.15. The first-order valence-electron chi connectivity index (χ1n) is 6.97. The molecule has 0 spiro atoms. The van der Waals surface area contributed by atoms with Crippen molar-refractivity contribution in [2.75, 3.05) is 18.1 Å². The van der Waals surface area contributed by atoms with Gasteiger partial charge in [-0.2, -0.15) is 11.8 Å². The number of carboxylic acids is 1. The summed E-state index contributed by atoms with van der Waals surface area (Å²) < 4.78 is 5.55. The molecule has 1 amide bonds. The van der Waals surface area contributed by atoms with Crippen LogP contribution in [0.4, 0.5) is 0 Å². The lowest BCUT2D eigenvalue weighted by Crippen LogP contribution is -2.56. The molecule has 0 aromatic heterocycles. The number of ether oxygens (including phenoxy) is 1. The Bertz CT molecular complexity index is 569. The topological polar surface area (TPSA) is 75.6 Å². The molecule has 21 heavy (non-hydrogen) atoms.